The highest BCUT2D eigenvalue weighted by molar-refractivity contribution is 5.95. The maximum Gasteiger partial charge on any atom is 0.344 e. The number of aryl methyl sites for hydroxylation is 2. The van der Waals surface area contributed by atoms with Gasteiger partial charge in [-0.1, -0.05) is 54.6 Å². The molecule has 33 heavy (non-hydrogen) atoms. The monoisotopic (exact) mass is 442 g/mol. The molecule has 0 atom stereocenters. The number of esters is 1. The number of rotatable bonds is 9. The Balaban J connectivity index is 1.61. The van der Waals surface area contributed by atoms with Crippen LogP contribution in [0.1, 0.15) is 17.5 Å². The SMILES string of the molecule is Cc1cc(C)cc(N(CCC#N)C(=O)COC(=O)COc2ccccc2-c2ccccc2)c1. The van der Waals surface area contributed by atoms with E-state index in [9.17, 15) is 9.59 Å². The van der Waals surface area contributed by atoms with Gasteiger partial charge in [0.05, 0.1) is 12.5 Å². The maximum atomic E-state index is 12.8. The van der Waals surface area contributed by atoms with Gasteiger partial charge in [-0.25, -0.2) is 4.79 Å². The summed E-state index contributed by atoms with van der Waals surface area (Å²) < 4.78 is 10.9. The average molecular weight is 443 g/mol. The van der Waals surface area contributed by atoms with E-state index >= 15 is 0 Å². The molecule has 0 N–H and O–H groups in total. The van der Waals surface area contributed by atoms with E-state index < -0.39 is 18.5 Å². The highest BCUT2D eigenvalue weighted by atomic mass is 16.6. The quantitative estimate of drug-likeness (QED) is 0.443. The van der Waals surface area contributed by atoms with Crippen LogP contribution in [0.2, 0.25) is 0 Å². The second-order valence-electron chi connectivity index (χ2n) is 7.61. The Labute approximate surface area is 194 Å². The molecule has 0 heterocycles. The Bertz CT molecular complexity index is 1130. The third-order valence-corrected chi connectivity index (χ3v) is 4.94. The minimum Gasteiger partial charge on any atom is -0.481 e. The highest BCUT2D eigenvalue weighted by Gasteiger charge is 2.18. The Morgan fingerprint density at radius 2 is 1.58 bits per heavy atom. The zero-order valence-corrected chi connectivity index (χ0v) is 18.8. The third-order valence-electron chi connectivity index (χ3n) is 4.94. The number of para-hydroxylation sites is 1. The number of benzene rings is 3. The van der Waals surface area contributed by atoms with E-state index in [0.717, 1.165) is 22.3 Å². The van der Waals surface area contributed by atoms with Crippen LogP contribution in [0.4, 0.5) is 5.69 Å². The van der Waals surface area contributed by atoms with Crippen molar-refractivity contribution in [2.45, 2.75) is 20.3 Å². The lowest BCUT2D eigenvalue weighted by atomic mass is 10.1. The fourth-order valence-corrected chi connectivity index (χ4v) is 3.51. The number of ether oxygens (including phenoxy) is 2. The van der Waals surface area contributed by atoms with Crippen LogP contribution >= 0.6 is 0 Å². The topological polar surface area (TPSA) is 79.6 Å². The second-order valence-corrected chi connectivity index (χ2v) is 7.61. The summed E-state index contributed by atoms with van der Waals surface area (Å²) in [5.41, 5.74) is 4.51. The number of carbonyl (C=O) groups is 2. The third kappa shape index (κ3) is 6.68. The summed E-state index contributed by atoms with van der Waals surface area (Å²) in [5.74, 6) is -0.488. The van der Waals surface area contributed by atoms with Crippen molar-refractivity contribution in [3.05, 3.63) is 83.9 Å². The lowest BCUT2D eigenvalue weighted by molar-refractivity contribution is -0.149. The molecule has 0 radical (unpaired) electrons. The van der Waals surface area contributed by atoms with Crippen molar-refractivity contribution in [2.75, 3.05) is 24.7 Å². The van der Waals surface area contributed by atoms with E-state index in [2.05, 4.69) is 6.07 Å². The summed E-state index contributed by atoms with van der Waals surface area (Å²) in [4.78, 5) is 26.5. The first-order valence-corrected chi connectivity index (χ1v) is 10.7. The van der Waals surface area contributed by atoms with E-state index in [1.54, 1.807) is 6.07 Å². The number of amides is 1. The summed E-state index contributed by atoms with van der Waals surface area (Å²) >= 11 is 0. The Hall–Kier alpha value is -4.11. The molecule has 0 aliphatic heterocycles. The molecule has 1 amide bonds. The molecule has 0 saturated heterocycles. The zero-order valence-electron chi connectivity index (χ0n) is 18.8. The van der Waals surface area contributed by atoms with Gasteiger partial charge in [-0.15, -0.1) is 0 Å². The van der Waals surface area contributed by atoms with Crippen LogP contribution in [0.3, 0.4) is 0 Å². The van der Waals surface area contributed by atoms with Gasteiger partial charge >= 0.3 is 5.97 Å². The highest BCUT2D eigenvalue weighted by Crippen LogP contribution is 2.29. The van der Waals surface area contributed by atoms with Gasteiger partial charge < -0.3 is 14.4 Å². The van der Waals surface area contributed by atoms with Crippen molar-refractivity contribution in [1.82, 2.24) is 0 Å². The van der Waals surface area contributed by atoms with Crippen molar-refractivity contribution < 1.29 is 19.1 Å². The van der Waals surface area contributed by atoms with Crippen LogP contribution in [0.25, 0.3) is 11.1 Å². The Kier molecular flexibility index (Phi) is 8.20. The standard InChI is InChI=1S/C27H26N2O4/c1-20-15-21(2)17-23(16-20)29(14-8-13-28)26(30)18-33-27(31)19-32-25-12-7-6-11-24(25)22-9-4-3-5-10-22/h3-7,9-12,15-17H,8,14,18-19H2,1-2H3. The number of nitrogens with zero attached hydrogens (tertiary/aromatic N) is 2. The number of hydrogen-bond donors (Lipinski definition) is 0. The molecule has 0 spiro atoms. The van der Waals surface area contributed by atoms with Crippen LogP contribution in [0, 0.1) is 25.2 Å². The van der Waals surface area contributed by atoms with E-state index in [0.29, 0.717) is 11.4 Å². The summed E-state index contributed by atoms with van der Waals surface area (Å²) in [6.45, 7) is 3.35. The van der Waals surface area contributed by atoms with Gasteiger partial charge in [0.25, 0.3) is 5.91 Å². The van der Waals surface area contributed by atoms with Crippen molar-refractivity contribution >= 4 is 17.6 Å². The minimum absolute atomic E-state index is 0.173. The Morgan fingerprint density at radius 1 is 0.909 bits per heavy atom. The summed E-state index contributed by atoms with van der Waals surface area (Å²) in [6, 6.07) is 24.9. The number of hydrogen-bond acceptors (Lipinski definition) is 5. The summed E-state index contributed by atoms with van der Waals surface area (Å²) in [5, 5.41) is 8.96. The molecule has 6 heteroatoms. The van der Waals surface area contributed by atoms with Crippen LogP contribution < -0.4 is 9.64 Å². The van der Waals surface area contributed by atoms with E-state index in [1.165, 1.54) is 4.90 Å². The number of anilines is 1. The smallest absolute Gasteiger partial charge is 0.344 e. The molecule has 0 aromatic heterocycles. The summed E-state index contributed by atoms with van der Waals surface area (Å²) in [6.07, 6.45) is 0.173. The molecular weight excluding hydrogens is 416 g/mol. The molecule has 3 aromatic rings. The van der Waals surface area contributed by atoms with Crippen molar-refractivity contribution in [3.63, 3.8) is 0 Å². The molecule has 0 bridgehead atoms. The van der Waals surface area contributed by atoms with E-state index in [1.807, 2.05) is 80.6 Å². The molecular formula is C27H26N2O4. The first kappa shape index (κ1) is 23.6. The minimum atomic E-state index is -0.646. The normalized spacial score (nSPS) is 10.2. The van der Waals surface area contributed by atoms with Crippen LogP contribution in [-0.2, 0) is 14.3 Å². The first-order valence-electron chi connectivity index (χ1n) is 10.7. The average Bonchev–Trinajstić information content (AvgIpc) is 2.82. The molecule has 0 aliphatic rings. The number of nitriles is 1. The first-order chi connectivity index (χ1) is 16.0. The number of carbonyl (C=O) groups excluding carboxylic acids is 2. The second kappa shape index (κ2) is 11.5. The summed E-state index contributed by atoms with van der Waals surface area (Å²) in [7, 11) is 0. The maximum absolute atomic E-state index is 12.8. The molecule has 6 nitrogen and oxygen atoms in total. The largest absolute Gasteiger partial charge is 0.481 e. The van der Waals surface area contributed by atoms with Crippen LogP contribution in [0.5, 0.6) is 5.75 Å². The van der Waals surface area contributed by atoms with Crippen LogP contribution in [0.15, 0.2) is 72.8 Å². The van der Waals surface area contributed by atoms with Crippen LogP contribution in [-0.4, -0.2) is 31.6 Å². The molecule has 0 saturated carbocycles. The molecule has 0 unspecified atom stereocenters. The van der Waals surface area contributed by atoms with E-state index in [-0.39, 0.29) is 19.6 Å². The lowest BCUT2D eigenvalue weighted by Crippen LogP contribution is -2.36. The predicted molar refractivity (Wildman–Crippen MR) is 127 cm³/mol. The Morgan fingerprint density at radius 3 is 2.27 bits per heavy atom. The molecule has 0 fully saturated rings. The van der Waals surface area contributed by atoms with Gasteiger partial charge in [0, 0.05) is 17.8 Å². The van der Waals surface area contributed by atoms with Gasteiger partial charge in [-0.2, -0.15) is 5.26 Å². The predicted octanol–water partition coefficient (Wildman–Crippen LogP) is 4.84. The van der Waals surface area contributed by atoms with Gasteiger partial charge in [0.1, 0.15) is 5.75 Å². The molecule has 3 rings (SSSR count). The molecule has 0 aliphatic carbocycles. The fraction of sp³-hybridized carbons (Fsp3) is 0.222. The van der Waals surface area contributed by atoms with Crippen molar-refractivity contribution in [2.24, 2.45) is 0 Å². The molecule has 3 aromatic carbocycles. The lowest BCUT2D eigenvalue weighted by Gasteiger charge is -2.22. The zero-order chi connectivity index (χ0) is 23.6. The van der Waals surface area contributed by atoms with Crippen molar-refractivity contribution in [1.29, 1.82) is 5.26 Å². The van der Waals surface area contributed by atoms with Gasteiger partial charge in [-0.3, -0.25) is 4.79 Å². The van der Waals surface area contributed by atoms with Gasteiger partial charge in [0.2, 0.25) is 0 Å². The van der Waals surface area contributed by atoms with Crippen molar-refractivity contribution in [3.8, 4) is 22.9 Å². The molecule has 168 valence electrons. The fourth-order valence-electron chi connectivity index (χ4n) is 3.51. The van der Waals surface area contributed by atoms with Gasteiger partial charge in [-0.05, 0) is 48.7 Å². The van der Waals surface area contributed by atoms with Gasteiger partial charge in [0.15, 0.2) is 13.2 Å². The van der Waals surface area contributed by atoms with E-state index in [4.69, 9.17) is 14.7 Å².